The van der Waals surface area contributed by atoms with Gasteiger partial charge in [0.15, 0.2) is 17.3 Å². The molecule has 4 aliphatic heterocycles. The summed E-state index contributed by atoms with van der Waals surface area (Å²) in [6.45, 7) is 37.6. The summed E-state index contributed by atoms with van der Waals surface area (Å²) in [6.07, 6.45) is 6.60. The molecule has 17 rings (SSSR count). The fourth-order valence-electron chi connectivity index (χ4n) is 17.6. The van der Waals surface area contributed by atoms with E-state index >= 15 is 4.39 Å². The summed E-state index contributed by atoms with van der Waals surface area (Å²) in [5, 5.41) is 7.41. The molecule has 8 heterocycles. The molecule has 0 radical (unpaired) electrons. The van der Waals surface area contributed by atoms with Crippen molar-refractivity contribution in [2.45, 2.75) is 179 Å². The van der Waals surface area contributed by atoms with E-state index in [-0.39, 0.29) is 28.7 Å². The van der Waals surface area contributed by atoms with E-state index in [9.17, 15) is 23.2 Å². The Morgan fingerprint density at radius 1 is 0.432 bits per heavy atom. The molecule has 0 spiro atoms. The van der Waals surface area contributed by atoms with Gasteiger partial charge >= 0.3 is 0 Å². The number of hydrogen-bond acceptors (Lipinski definition) is 16. The summed E-state index contributed by atoms with van der Waals surface area (Å²) in [6, 6.07) is 36.8. The normalized spacial score (nSPS) is 15.0. The number of piperazine rings is 1. The molecule has 9 aromatic carbocycles. The van der Waals surface area contributed by atoms with Crippen LogP contribution < -0.4 is 19.1 Å². The number of halogens is 3. The van der Waals surface area contributed by atoms with Gasteiger partial charge in [-0.2, -0.15) is 0 Å². The van der Waals surface area contributed by atoms with Crippen LogP contribution in [0.3, 0.4) is 0 Å². The molecule has 0 unspecified atom stereocenters. The maximum Gasteiger partial charge on any atom is 0.264 e. The number of rotatable bonds is 15. The summed E-state index contributed by atoms with van der Waals surface area (Å²) < 4.78 is 81.3. The van der Waals surface area contributed by atoms with Gasteiger partial charge in [-0.15, -0.1) is 0 Å². The molecule has 3 atom stereocenters. The van der Waals surface area contributed by atoms with E-state index in [2.05, 4.69) is 61.0 Å². The van der Waals surface area contributed by atoms with Crippen molar-refractivity contribution in [3.8, 4) is 61.8 Å². The number of likely N-dealkylation sites (N-methyl/N-ethyl adjacent to an activating group) is 1. The third kappa shape index (κ3) is 15.9. The third-order valence-electron chi connectivity index (χ3n) is 22.8. The van der Waals surface area contributed by atoms with Crippen LogP contribution in [-0.2, 0) is 47.9 Å². The van der Waals surface area contributed by atoms with Crippen molar-refractivity contribution in [2.75, 3.05) is 57.9 Å². The Labute approximate surface area is 687 Å². The number of hydrogen-bond donors (Lipinski definition) is 0. The number of carbonyl (C=O) groups is 3. The van der Waals surface area contributed by atoms with Crippen LogP contribution in [0.15, 0.2) is 146 Å². The van der Waals surface area contributed by atoms with Crippen molar-refractivity contribution in [2.24, 2.45) is 0 Å². The minimum absolute atomic E-state index is 0.00328. The van der Waals surface area contributed by atoms with E-state index in [4.69, 9.17) is 53.3 Å². The molecule has 0 aliphatic carbocycles. The van der Waals surface area contributed by atoms with Gasteiger partial charge < -0.3 is 38.2 Å². The highest BCUT2D eigenvalue weighted by Gasteiger charge is 2.37. The van der Waals surface area contributed by atoms with Crippen molar-refractivity contribution in [1.29, 1.82) is 0 Å². The lowest BCUT2D eigenvalue weighted by Crippen LogP contribution is -2.45. The largest absolute Gasteiger partial charge is 0.493 e. The number of Topliss-reactive ketones (excluding diaryl/α,β-unsaturated/α-hetero) is 3. The highest BCUT2D eigenvalue weighted by atomic mass is 19.3. The van der Waals surface area contributed by atoms with Crippen LogP contribution in [0.4, 0.5) is 19.1 Å². The quantitative estimate of drug-likeness (QED) is 0.0946. The van der Waals surface area contributed by atoms with Crippen molar-refractivity contribution in [3.05, 3.63) is 219 Å². The zero-order chi connectivity index (χ0) is 83.9. The van der Waals surface area contributed by atoms with Crippen molar-refractivity contribution in [3.63, 3.8) is 0 Å². The number of fused-ring (bicyclic) bond motifs is 3. The predicted octanol–water partition coefficient (Wildman–Crippen LogP) is 22.1. The lowest BCUT2D eigenvalue weighted by Gasteiger charge is -2.32. The molecule has 0 saturated carbocycles. The van der Waals surface area contributed by atoms with Gasteiger partial charge in [0.1, 0.15) is 41.4 Å². The first-order valence-electron chi connectivity index (χ1n) is 40.7. The molecular formula is C99H102F3N7O9. The lowest BCUT2D eigenvalue weighted by molar-refractivity contribution is -0.139. The standard InChI is InChI=1S/C39H43N5O3.C31H31F2NO3.C29H28FNO3/c1-23-20-31-24(2)28(27-21-41-38(42-22-27)44-17-15-43(7)16-18-44)8-9-29(31)35(33(23)37(25(3)45)47-39(4,5)6)30-10-11-32-34-26(13-19-46-32)12-14-40-36(30)34;1-16-7-8-20-22(24(16)30(32)33)15-17(2)25(29(18(3)35)37-31(4,5)6)27(20)21-9-10-23-26-19(12-14-36-23)11-13-34-28(21)26;1-16-15-19-7-6-8-21(30)24(19)26(23(16)28(17(2)32)34-29(3,4)5)20-9-10-22-25-18(12-14-33-22)11-13-31-27(20)25/h8-12,14,20-22,37H,13,15-19H2,1-7H3;7-11,13,15,29-30H,12,14H2,1-6H3;6-11,13,15,28H,12,14H2,1-5H3/t37-;29-;28-/m111/s1. The van der Waals surface area contributed by atoms with E-state index in [1.54, 1.807) is 44.4 Å². The minimum atomic E-state index is -2.64. The molecule has 16 nitrogen and oxygen atoms in total. The third-order valence-corrected chi connectivity index (χ3v) is 22.8. The van der Waals surface area contributed by atoms with Crippen LogP contribution >= 0.6 is 0 Å². The van der Waals surface area contributed by atoms with Gasteiger partial charge in [0.05, 0.1) is 53.2 Å². The lowest BCUT2D eigenvalue weighted by atomic mass is 9.83. The Bertz CT molecular complexity index is 6160. The summed E-state index contributed by atoms with van der Waals surface area (Å²) in [4.78, 5) is 68.0. The predicted molar refractivity (Wildman–Crippen MR) is 464 cm³/mol. The number of anilines is 1. The number of alkyl halides is 2. The van der Waals surface area contributed by atoms with E-state index in [1.165, 1.54) is 25.5 Å². The van der Waals surface area contributed by atoms with Crippen LogP contribution in [0, 0.1) is 40.4 Å². The number of ketones is 3. The zero-order valence-electron chi connectivity index (χ0n) is 70.7. The summed E-state index contributed by atoms with van der Waals surface area (Å²) in [5.41, 5.74) is 17.5. The first kappa shape index (κ1) is 82.0. The highest BCUT2D eigenvalue weighted by molar-refractivity contribution is 6.13. The Hall–Kier alpha value is -11.1. The Morgan fingerprint density at radius 3 is 1.26 bits per heavy atom. The molecule has 608 valence electrons. The summed E-state index contributed by atoms with van der Waals surface area (Å²) >= 11 is 0. The highest BCUT2D eigenvalue weighted by Crippen LogP contribution is 2.52. The van der Waals surface area contributed by atoms with E-state index in [1.807, 2.05) is 155 Å². The number of benzene rings is 9. The topological polar surface area (TPSA) is 178 Å². The van der Waals surface area contributed by atoms with E-state index in [0.717, 1.165) is 190 Å². The number of ether oxygens (including phenoxy) is 6. The van der Waals surface area contributed by atoms with Crippen molar-refractivity contribution >= 4 is 88.3 Å². The van der Waals surface area contributed by atoms with Gasteiger partial charge in [-0.05, 0) is 290 Å². The van der Waals surface area contributed by atoms with Crippen molar-refractivity contribution in [1.82, 2.24) is 29.8 Å². The Kier molecular flexibility index (Phi) is 22.5. The molecule has 1 fully saturated rings. The van der Waals surface area contributed by atoms with Gasteiger partial charge in [-0.3, -0.25) is 29.3 Å². The van der Waals surface area contributed by atoms with Crippen LogP contribution in [0.5, 0.6) is 17.2 Å². The number of pyridine rings is 3. The Balaban J connectivity index is 0.000000141. The second kappa shape index (κ2) is 32.3. The first-order chi connectivity index (χ1) is 56.1. The maximum absolute atomic E-state index is 15.5. The van der Waals surface area contributed by atoms with E-state index < -0.39 is 41.5 Å². The zero-order valence-corrected chi connectivity index (χ0v) is 70.7. The van der Waals surface area contributed by atoms with Crippen molar-refractivity contribution < 1.29 is 56.0 Å². The molecule has 4 aliphatic rings. The smallest absolute Gasteiger partial charge is 0.264 e. The molecular weight excluding hydrogens is 1490 g/mol. The minimum Gasteiger partial charge on any atom is -0.493 e. The summed E-state index contributed by atoms with van der Waals surface area (Å²) in [7, 11) is 2.15. The molecule has 0 bridgehead atoms. The van der Waals surface area contributed by atoms with Crippen LogP contribution in [-0.4, -0.2) is 117 Å². The number of nitrogens with zero attached hydrogens (tertiary/aromatic N) is 7. The average molecular weight is 1590 g/mol. The second-order valence-corrected chi connectivity index (χ2v) is 34.7. The van der Waals surface area contributed by atoms with Crippen LogP contribution in [0.2, 0.25) is 0 Å². The molecule has 4 aromatic heterocycles. The fraction of sp³-hybridized carbons (Fsp3) is 0.354. The number of aryl methyl sites for hydroxylation is 5. The molecule has 13 aromatic rings. The van der Waals surface area contributed by atoms with Gasteiger partial charge in [0.2, 0.25) is 5.95 Å². The number of carbonyl (C=O) groups excluding carboxylic acids is 3. The molecule has 0 amide bonds. The fourth-order valence-corrected chi connectivity index (χ4v) is 17.6. The molecule has 118 heavy (non-hydrogen) atoms. The SMILES string of the molecule is CC(=O)[C@@H](OC(C)(C)C)c1c(C)cc2c(C(F)F)c(C)ccc2c1-c1ccc2c3c(ccnc13)CCO2.CC(=O)[C@@H](OC(C)(C)C)c1c(C)cc2c(C)c(-c3cnc(N4CCN(C)CC4)nc3)ccc2c1-c1ccc2c3c(ccnc13)CCO2.CC(=O)[C@@H](OC(C)(C)C)c1c(C)cc2cccc(F)c2c1-c1ccc2c3c(ccnc13)CCO2. The van der Waals surface area contributed by atoms with Gasteiger partial charge in [-0.25, -0.2) is 23.1 Å². The average Bonchev–Trinajstić information content (AvgIpc) is 0.736. The van der Waals surface area contributed by atoms with Crippen LogP contribution in [0.25, 0.3) is 110 Å². The van der Waals surface area contributed by atoms with Crippen LogP contribution in [0.1, 0.15) is 175 Å². The monoisotopic (exact) mass is 1590 g/mol. The van der Waals surface area contributed by atoms with E-state index in [0.29, 0.717) is 63.8 Å². The second-order valence-electron chi connectivity index (χ2n) is 34.7. The van der Waals surface area contributed by atoms with Gasteiger partial charge in [-0.1, -0.05) is 54.6 Å². The molecule has 1 saturated heterocycles. The molecule has 19 heteroatoms. The summed E-state index contributed by atoms with van der Waals surface area (Å²) in [5.74, 6) is 2.50. The first-order valence-corrected chi connectivity index (χ1v) is 40.7. The molecule has 0 N–H and O–H groups in total. The van der Waals surface area contributed by atoms with Gasteiger partial charge in [0, 0.05) is 131 Å². The number of aromatic nitrogens is 5. The van der Waals surface area contributed by atoms with Gasteiger partial charge in [0.25, 0.3) is 6.43 Å². The Morgan fingerprint density at radius 2 is 0.831 bits per heavy atom. The maximum atomic E-state index is 15.5.